The van der Waals surface area contributed by atoms with E-state index < -0.39 is 0 Å². The van der Waals surface area contributed by atoms with E-state index >= 15 is 0 Å². The van der Waals surface area contributed by atoms with Crippen molar-refractivity contribution in [2.45, 2.75) is 51.6 Å². The first-order valence-electron chi connectivity index (χ1n) is 7.24. The van der Waals surface area contributed by atoms with Gasteiger partial charge in [-0.2, -0.15) is 5.10 Å². The molecule has 19 heavy (non-hydrogen) atoms. The van der Waals surface area contributed by atoms with Crippen molar-refractivity contribution in [3.05, 3.63) is 12.4 Å². The maximum Gasteiger partial charge on any atom is 0.161 e. The van der Waals surface area contributed by atoms with Gasteiger partial charge in [0, 0.05) is 18.0 Å². The summed E-state index contributed by atoms with van der Waals surface area (Å²) in [4.78, 5) is 4.88. The van der Waals surface area contributed by atoms with Crippen LogP contribution in [0.15, 0.2) is 17.4 Å². The number of aromatic nitrogens is 2. The van der Waals surface area contributed by atoms with Crippen molar-refractivity contribution in [1.29, 1.82) is 0 Å². The Morgan fingerprint density at radius 1 is 1.37 bits per heavy atom. The number of hydrogen-bond donors (Lipinski definition) is 1. The van der Waals surface area contributed by atoms with Crippen molar-refractivity contribution in [2.75, 3.05) is 11.1 Å². The van der Waals surface area contributed by atoms with E-state index in [9.17, 15) is 0 Å². The summed E-state index contributed by atoms with van der Waals surface area (Å²) in [6.07, 6.45) is 9.30. The fourth-order valence-corrected chi connectivity index (χ4v) is 3.96. The topological polar surface area (TPSA) is 42.2 Å². The minimum absolute atomic E-state index is 0.402. The van der Waals surface area contributed by atoms with E-state index in [1.165, 1.54) is 31.4 Å². The molecule has 3 rings (SSSR count). The second kappa shape index (κ2) is 5.57. The van der Waals surface area contributed by atoms with E-state index in [2.05, 4.69) is 30.5 Å². The minimum Gasteiger partial charge on any atom is -0.332 e. The fourth-order valence-electron chi connectivity index (χ4n) is 2.80. The normalized spacial score (nSPS) is 27.0. The largest absolute Gasteiger partial charge is 0.332 e. The highest BCUT2D eigenvalue weighted by atomic mass is 32.2. The van der Waals surface area contributed by atoms with Gasteiger partial charge >= 0.3 is 0 Å². The lowest BCUT2D eigenvalue weighted by molar-refractivity contribution is 0.336. The van der Waals surface area contributed by atoms with Crippen LogP contribution in [-0.4, -0.2) is 26.7 Å². The summed E-state index contributed by atoms with van der Waals surface area (Å²) in [7, 11) is 0. The summed E-state index contributed by atoms with van der Waals surface area (Å²) in [6, 6.07) is 0.955. The molecule has 1 aliphatic heterocycles. The number of anilines is 1. The lowest BCUT2D eigenvalue weighted by Crippen LogP contribution is -2.31. The van der Waals surface area contributed by atoms with Gasteiger partial charge in [-0.05, 0) is 32.6 Å². The molecule has 1 saturated carbocycles. The van der Waals surface area contributed by atoms with Crippen molar-refractivity contribution in [3.63, 3.8) is 0 Å². The van der Waals surface area contributed by atoms with Crippen LogP contribution in [0.25, 0.3) is 0 Å². The Morgan fingerprint density at radius 2 is 2.21 bits per heavy atom. The molecule has 1 aromatic heterocycles. The molecule has 0 saturated heterocycles. The van der Waals surface area contributed by atoms with E-state index in [0.29, 0.717) is 12.1 Å². The van der Waals surface area contributed by atoms with Crippen LogP contribution in [0.1, 0.15) is 45.6 Å². The van der Waals surface area contributed by atoms with Crippen LogP contribution in [0.2, 0.25) is 0 Å². The van der Waals surface area contributed by atoms with Crippen LogP contribution in [-0.2, 0) is 0 Å². The summed E-state index contributed by atoms with van der Waals surface area (Å²) < 4.78 is 1.97. The maximum absolute atomic E-state index is 4.88. The fraction of sp³-hybridized carbons (Fsp3) is 0.714. The summed E-state index contributed by atoms with van der Waals surface area (Å²) in [5.41, 5.74) is 1.05. The van der Waals surface area contributed by atoms with Crippen LogP contribution in [0.5, 0.6) is 0 Å². The molecule has 1 aromatic rings. The molecule has 0 spiro atoms. The lowest BCUT2D eigenvalue weighted by atomic mass is 9.86. The van der Waals surface area contributed by atoms with Gasteiger partial charge in [-0.1, -0.05) is 24.6 Å². The summed E-state index contributed by atoms with van der Waals surface area (Å²) in [5, 5.41) is 8.85. The molecule has 0 aromatic carbocycles. The van der Waals surface area contributed by atoms with E-state index in [4.69, 9.17) is 4.99 Å². The Labute approximate surface area is 119 Å². The van der Waals surface area contributed by atoms with Gasteiger partial charge in [-0.15, -0.1) is 0 Å². The van der Waals surface area contributed by atoms with Crippen LogP contribution in [0.3, 0.4) is 0 Å². The molecule has 1 fully saturated rings. The molecule has 2 atom stereocenters. The first-order chi connectivity index (χ1) is 9.22. The van der Waals surface area contributed by atoms with Crippen LogP contribution in [0.4, 0.5) is 5.69 Å². The Balaban J connectivity index is 1.67. The highest BCUT2D eigenvalue weighted by Crippen LogP contribution is 2.34. The molecule has 1 aliphatic carbocycles. The zero-order chi connectivity index (χ0) is 13.2. The highest BCUT2D eigenvalue weighted by Gasteiger charge is 2.29. The highest BCUT2D eigenvalue weighted by molar-refractivity contribution is 8.14. The van der Waals surface area contributed by atoms with Gasteiger partial charge in [0.15, 0.2) is 5.17 Å². The zero-order valence-electron chi connectivity index (χ0n) is 11.7. The van der Waals surface area contributed by atoms with Crippen molar-refractivity contribution in [1.82, 2.24) is 9.78 Å². The van der Waals surface area contributed by atoms with Crippen LogP contribution in [0, 0.1) is 5.92 Å². The van der Waals surface area contributed by atoms with Crippen molar-refractivity contribution in [3.8, 4) is 0 Å². The molecule has 2 aliphatic rings. The van der Waals surface area contributed by atoms with Gasteiger partial charge in [0.1, 0.15) is 0 Å². The van der Waals surface area contributed by atoms with Crippen LogP contribution < -0.4 is 5.32 Å². The number of fused-ring (bicyclic) bond motifs is 1. The summed E-state index contributed by atoms with van der Waals surface area (Å²) in [5.74, 6) is 2.03. The summed E-state index contributed by atoms with van der Waals surface area (Å²) >= 11 is 1.86. The number of amidine groups is 1. The smallest absolute Gasteiger partial charge is 0.161 e. The third-order valence-corrected chi connectivity index (χ3v) is 5.04. The van der Waals surface area contributed by atoms with E-state index in [0.717, 1.165) is 16.8 Å². The van der Waals surface area contributed by atoms with Gasteiger partial charge in [0.25, 0.3) is 0 Å². The zero-order valence-corrected chi connectivity index (χ0v) is 12.5. The number of rotatable bonds is 2. The molecule has 2 heterocycles. The quantitative estimate of drug-likeness (QED) is 0.899. The molecule has 0 amide bonds. The molecule has 0 bridgehead atoms. The SMILES string of the molecule is CC(C)n1cc(NC2=NC3CCCCC3CS2)cn1. The number of nitrogens with zero attached hydrogens (tertiary/aromatic N) is 3. The van der Waals surface area contributed by atoms with Gasteiger partial charge in [0.2, 0.25) is 0 Å². The van der Waals surface area contributed by atoms with E-state index in [-0.39, 0.29) is 0 Å². The number of nitrogens with one attached hydrogen (secondary N) is 1. The molecule has 0 radical (unpaired) electrons. The van der Waals surface area contributed by atoms with Gasteiger partial charge in [-0.25, -0.2) is 0 Å². The second-order valence-corrected chi connectivity index (χ2v) is 6.79. The molecular formula is C14H22N4S. The van der Waals surface area contributed by atoms with E-state index in [1.807, 2.05) is 22.6 Å². The van der Waals surface area contributed by atoms with Gasteiger partial charge in [0.05, 0.1) is 17.9 Å². The van der Waals surface area contributed by atoms with Crippen LogP contribution >= 0.6 is 11.8 Å². The predicted octanol–water partition coefficient (Wildman–Crippen LogP) is 3.54. The Hall–Kier alpha value is -0.970. The third-order valence-electron chi connectivity index (χ3n) is 3.97. The molecule has 5 heteroatoms. The second-order valence-electron chi connectivity index (χ2n) is 5.78. The standard InChI is InChI=1S/C14H22N4S/c1-10(2)18-8-12(7-15-18)16-14-17-13-6-4-3-5-11(13)9-19-14/h7-8,10-11,13H,3-6,9H2,1-2H3,(H,16,17). The molecule has 1 N–H and O–H groups in total. The average Bonchev–Trinajstić information content (AvgIpc) is 2.87. The van der Waals surface area contributed by atoms with Crippen molar-refractivity contribution < 1.29 is 0 Å². The number of hydrogen-bond acceptors (Lipinski definition) is 4. The Kier molecular flexibility index (Phi) is 3.82. The monoisotopic (exact) mass is 278 g/mol. The molecule has 4 nitrogen and oxygen atoms in total. The molecule has 2 unspecified atom stereocenters. The minimum atomic E-state index is 0.402. The Morgan fingerprint density at radius 3 is 3.00 bits per heavy atom. The van der Waals surface area contributed by atoms with E-state index in [1.54, 1.807) is 0 Å². The van der Waals surface area contributed by atoms with Crippen molar-refractivity contribution in [2.24, 2.45) is 10.9 Å². The van der Waals surface area contributed by atoms with Crippen molar-refractivity contribution >= 4 is 22.6 Å². The average molecular weight is 278 g/mol. The predicted molar refractivity (Wildman–Crippen MR) is 81.9 cm³/mol. The molecular weight excluding hydrogens is 256 g/mol. The van der Waals surface area contributed by atoms with Gasteiger partial charge in [-0.3, -0.25) is 9.67 Å². The third kappa shape index (κ3) is 2.96. The first-order valence-corrected chi connectivity index (χ1v) is 8.22. The molecule has 104 valence electrons. The first kappa shape index (κ1) is 13.0. The Bertz CT molecular complexity index is 466. The maximum atomic E-state index is 4.88. The number of aliphatic imine (C=N–C) groups is 1. The number of thioether (sulfide) groups is 1. The lowest BCUT2D eigenvalue weighted by Gasteiger charge is -2.32. The van der Waals surface area contributed by atoms with Gasteiger partial charge < -0.3 is 5.32 Å². The summed E-state index contributed by atoms with van der Waals surface area (Å²) in [6.45, 7) is 4.27.